The van der Waals surface area contributed by atoms with Crippen LogP contribution in [0.1, 0.15) is 57.2 Å². The number of piperazine rings is 1. The van der Waals surface area contributed by atoms with Gasteiger partial charge in [-0.25, -0.2) is 0 Å². The van der Waals surface area contributed by atoms with E-state index in [4.69, 9.17) is 5.26 Å². The summed E-state index contributed by atoms with van der Waals surface area (Å²) >= 11 is 0. The van der Waals surface area contributed by atoms with E-state index in [0.29, 0.717) is 28.9 Å². The van der Waals surface area contributed by atoms with Crippen LogP contribution in [0.2, 0.25) is 0 Å². The Morgan fingerprint density at radius 1 is 1.00 bits per heavy atom. The molecule has 10 nitrogen and oxygen atoms in total. The maximum atomic E-state index is 13.1. The molecule has 2 saturated heterocycles. The molecular weight excluding hydrogens is 544 g/mol. The largest absolute Gasteiger partial charge is 0.381 e. The van der Waals surface area contributed by atoms with Gasteiger partial charge in [-0.1, -0.05) is 30.3 Å². The molecule has 3 heterocycles. The van der Waals surface area contributed by atoms with Crippen LogP contribution in [0, 0.1) is 18.3 Å². The molecular formula is C33H34N6O4. The highest BCUT2D eigenvalue weighted by Crippen LogP contribution is 2.39. The predicted molar refractivity (Wildman–Crippen MR) is 161 cm³/mol. The number of rotatable bonds is 7. The molecule has 0 saturated carbocycles. The van der Waals surface area contributed by atoms with Crippen molar-refractivity contribution in [3.63, 3.8) is 0 Å². The van der Waals surface area contributed by atoms with Gasteiger partial charge in [-0.3, -0.25) is 29.5 Å². The normalized spacial score (nSPS) is 20.5. The maximum absolute atomic E-state index is 13.1. The van der Waals surface area contributed by atoms with E-state index in [1.54, 1.807) is 12.1 Å². The molecule has 0 aromatic heterocycles. The number of anilines is 2. The highest BCUT2D eigenvalue weighted by atomic mass is 16.3. The first-order valence-corrected chi connectivity index (χ1v) is 14.6. The summed E-state index contributed by atoms with van der Waals surface area (Å²) in [6, 6.07) is 20.8. The van der Waals surface area contributed by atoms with Crippen LogP contribution < -0.4 is 15.5 Å². The molecule has 220 valence electrons. The number of hydrogen-bond acceptors (Lipinski definition) is 8. The Balaban J connectivity index is 1.04. The number of aliphatic hydroxyl groups is 1. The van der Waals surface area contributed by atoms with Crippen molar-refractivity contribution in [1.29, 1.82) is 5.26 Å². The number of nitrogens with one attached hydrogen (secondary N) is 2. The smallest absolute Gasteiger partial charge is 0.257 e. The number of hydrogen-bond donors (Lipinski definition) is 3. The predicted octanol–water partition coefficient (Wildman–Crippen LogP) is 3.05. The van der Waals surface area contributed by atoms with E-state index in [-0.39, 0.29) is 18.7 Å². The zero-order valence-corrected chi connectivity index (χ0v) is 24.0. The third-order valence-corrected chi connectivity index (χ3v) is 8.59. The van der Waals surface area contributed by atoms with Gasteiger partial charge < -0.3 is 15.3 Å². The van der Waals surface area contributed by atoms with Crippen LogP contribution in [0.4, 0.5) is 11.4 Å². The Morgan fingerprint density at radius 2 is 1.74 bits per heavy atom. The number of nitriles is 1. The number of aryl methyl sites for hydroxylation is 1. The third kappa shape index (κ3) is 5.69. The molecule has 2 atom stereocenters. The summed E-state index contributed by atoms with van der Waals surface area (Å²) in [7, 11) is 0. The fourth-order valence-electron chi connectivity index (χ4n) is 6.28. The van der Waals surface area contributed by atoms with Crippen molar-refractivity contribution in [3.8, 4) is 6.07 Å². The first kappa shape index (κ1) is 28.4. The molecule has 0 radical (unpaired) electrons. The summed E-state index contributed by atoms with van der Waals surface area (Å²) in [4.78, 5) is 43.2. The summed E-state index contributed by atoms with van der Waals surface area (Å²) in [6.45, 7) is 7.21. The van der Waals surface area contributed by atoms with Crippen LogP contribution in [0.3, 0.4) is 0 Å². The van der Waals surface area contributed by atoms with Gasteiger partial charge in [0.1, 0.15) is 6.04 Å². The Kier molecular flexibility index (Phi) is 7.84. The second-order valence-corrected chi connectivity index (χ2v) is 11.4. The number of benzene rings is 3. The number of piperidine rings is 1. The number of fused-ring (bicyclic) bond motifs is 1. The Bertz CT molecular complexity index is 1610. The van der Waals surface area contributed by atoms with E-state index in [1.807, 2.05) is 24.3 Å². The molecule has 0 spiro atoms. The summed E-state index contributed by atoms with van der Waals surface area (Å²) in [6.07, 6.45) is -0.971. The van der Waals surface area contributed by atoms with Crippen molar-refractivity contribution < 1.29 is 19.5 Å². The highest BCUT2D eigenvalue weighted by Gasteiger charge is 2.45. The van der Waals surface area contributed by atoms with Gasteiger partial charge in [-0.15, -0.1) is 0 Å². The number of imide groups is 1. The Hall–Kier alpha value is -4.72. The van der Waals surface area contributed by atoms with Crippen molar-refractivity contribution in [2.75, 3.05) is 36.4 Å². The number of amides is 3. The van der Waals surface area contributed by atoms with Crippen molar-refractivity contribution in [2.24, 2.45) is 0 Å². The van der Waals surface area contributed by atoms with E-state index in [1.165, 1.54) is 16.2 Å². The molecule has 3 aromatic carbocycles. The first-order chi connectivity index (χ1) is 20.8. The van der Waals surface area contributed by atoms with Crippen LogP contribution in [-0.2, 0) is 22.7 Å². The summed E-state index contributed by atoms with van der Waals surface area (Å²) in [5.74, 6) is -1.35. The second kappa shape index (κ2) is 11.9. The lowest BCUT2D eigenvalue weighted by Crippen LogP contribution is -2.53. The van der Waals surface area contributed by atoms with Crippen molar-refractivity contribution in [3.05, 3.63) is 94.0 Å². The first-order valence-electron chi connectivity index (χ1n) is 14.6. The quantitative estimate of drug-likeness (QED) is 0.365. The molecule has 2 unspecified atom stereocenters. The van der Waals surface area contributed by atoms with Crippen molar-refractivity contribution in [2.45, 2.75) is 45.1 Å². The Morgan fingerprint density at radius 3 is 2.44 bits per heavy atom. The van der Waals surface area contributed by atoms with Crippen LogP contribution in [-0.4, -0.2) is 64.8 Å². The Labute approximate surface area is 250 Å². The number of nitrogens with zero attached hydrogens (tertiary/aromatic N) is 4. The molecule has 10 heteroatoms. The van der Waals surface area contributed by atoms with E-state index >= 15 is 0 Å². The second-order valence-electron chi connectivity index (χ2n) is 11.4. The van der Waals surface area contributed by atoms with Crippen LogP contribution in [0.25, 0.3) is 0 Å². The third-order valence-electron chi connectivity index (χ3n) is 8.59. The number of carbonyl (C=O) groups excluding carboxylic acids is 3. The van der Waals surface area contributed by atoms with Crippen LogP contribution in [0.15, 0.2) is 60.7 Å². The maximum Gasteiger partial charge on any atom is 0.257 e. The van der Waals surface area contributed by atoms with E-state index in [9.17, 15) is 19.5 Å². The summed E-state index contributed by atoms with van der Waals surface area (Å²) in [5, 5.41) is 25.9. The number of aliphatic hydroxyl groups excluding tert-OH is 1. The molecule has 3 aliphatic rings. The average molecular weight is 579 g/mol. The van der Waals surface area contributed by atoms with Crippen LogP contribution >= 0.6 is 0 Å². The lowest BCUT2D eigenvalue weighted by atomic mass is 10.0. The van der Waals surface area contributed by atoms with E-state index < -0.39 is 24.1 Å². The highest BCUT2D eigenvalue weighted by molar-refractivity contribution is 6.06. The van der Waals surface area contributed by atoms with Gasteiger partial charge in [0, 0.05) is 68.2 Å². The van der Waals surface area contributed by atoms with Crippen molar-refractivity contribution >= 4 is 29.1 Å². The van der Waals surface area contributed by atoms with Gasteiger partial charge in [-0.05, 0) is 60.4 Å². The van der Waals surface area contributed by atoms with Gasteiger partial charge in [0.15, 0.2) is 6.23 Å². The SMILES string of the molecule is Cc1cc(C#N)ccc1N1CCN(Cc2ccc(CNc3cccc4c3C(O)N(C3CCC(=O)NC3=O)C4=O)cc2)CC1. The lowest BCUT2D eigenvalue weighted by molar-refractivity contribution is -0.139. The molecule has 3 amide bonds. The zero-order chi connectivity index (χ0) is 30.1. The molecule has 43 heavy (non-hydrogen) atoms. The molecule has 0 aliphatic carbocycles. The average Bonchev–Trinajstić information content (AvgIpc) is 3.27. The summed E-state index contributed by atoms with van der Waals surface area (Å²) in [5.41, 5.74) is 6.74. The minimum atomic E-state index is -1.28. The minimum Gasteiger partial charge on any atom is -0.381 e. The van der Waals surface area contributed by atoms with E-state index in [0.717, 1.165) is 43.9 Å². The standard InChI is InChI=1S/C33H34N6O4/c1-21-17-24(18-34)9-10-27(21)38-15-13-37(14-16-38)20-23-7-5-22(6-8-23)19-35-26-4-2-3-25-30(26)33(43)39(32(25)42)28-11-12-29(40)36-31(28)41/h2-10,17,28,33,35,43H,11-16,19-20H2,1H3,(H,36,40,41). The van der Waals surface area contributed by atoms with Gasteiger partial charge in [0.05, 0.1) is 11.6 Å². The topological polar surface area (TPSA) is 129 Å². The minimum absolute atomic E-state index is 0.124. The molecule has 2 fully saturated rings. The van der Waals surface area contributed by atoms with Gasteiger partial charge >= 0.3 is 0 Å². The fourth-order valence-corrected chi connectivity index (χ4v) is 6.28. The monoisotopic (exact) mass is 578 g/mol. The number of carbonyl (C=O) groups is 3. The zero-order valence-electron chi connectivity index (χ0n) is 24.0. The van der Waals surface area contributed by atoms with Crippen LogP contribution in [0.5, 0.6) is 0 Å². The molecule has 6 rings (SSSR count). The molecule has 0 bridgehead atoms. The molecule has 3 aromatic rings. The van der Waals surface area contributed by atoms with Crippen molar-refractivity contribution in [1.82, 2.24) is 15.1 Å². The summed E-state index contributed by atoms with van der Waals surface area (Å²) < 4.78 is 0. The molecule has 3 N–H and O–H groups in total. The van der Waals surface area contributed by atoms with Gasteiger partial charge in [-0.2, -0.15) is 5.26 Å². The fraction of sp³-hybridized carbons (Fsp3) is 0.333. The molecule has 3 aliphatic heterocycles. The van der Waals surface area contributed by atoms with E-state index in [2.05, 4.69) is 57.7 Å². The van der Waals surface area contributed by atoms with Gasteiger partial charge in [0.2, 0.25) is 11.8 Å². The lowest BCUT2D eigenvalue weighted by Gasteiger charge is -2.37. The van der Waals surface area contributed by atoms with Gasteiger partial charge in [0.25, 0.3) is 5.91 Å².